The Kier molecular flexibility index (Phi) is 7.85. The molecule has 12 heavy (non-hydrogen) atoms. The zero-order chi connectivity index (χ0) is 9.40. The maximum atomic E-state index is 11.0. The van der Waals surface area contributed by atoms with Gasteiger partial charge >= 0.3 is 0 Å². The zero-order valence-corrected chi connectivity index (χ0v) is 8.78. The van der Waals surface area contributed by atoms with Crippen LogP contribution >= 0.6 is 25.3 Å². The Morgan fingerprint density at radius 1 is 1.42 bits per heavy atom. The molecular weight excluding hydrogens is 192 g/mol. The van der Waals surface area contributed by atoms with Gasteiger partial charge in [0.15, 0.2) is 0 Å². The topological polar surface area (TPSA) is 55.1 Å². The molecular formula is C7H16N2OS2. The van der Waals surface area contributed by atoms with Gasteiger partial charge in [-0.25, -0.2) is 0 Å². The fourth-order valence-electron chi connectivity index (χ4n) is 0.662. The molecule has 0 aliphatic heterocycles. The molecule has 0 aromatic carbocycles. The van der Waals surface area contributed by atoms with Crippen LogP contribution in [0.15, 0.2) is 0 Å². The Bertz CT molecular complexity index is 133. The summed E-state index contributed by atoms with van der Waals surface area (Å²) in [4.78, 5) is 11.0. The van der Waals surface area contributed by atoms with E-state index in [2.05, 4.69) is 30.6 Å². The third kappa shape index (κ3) is 5.74. The van der Waals surface area contributed by atoms with Crippen molar-refractivity contribution in [2.24, 2.45) is 5.73 Å². The molecule has 3 nitrogen and oxygen atoms in total. The highest BCUT2D eigenvalue weighted by Gasteiger charge is 2.09. The lowest BCUT2D eigenvalue weighted by atomic mass is 10.3. The summed E-state index contributed by atoms with van der Waals surface area (Å²) in [5.41, 5.74) is 5.43. The van der Waals surface area contributed by atoms with Gasteiger partial charge < -0.3 is 11.1 Å². The van der Waals surface area contributed by atoms with Crippen LogP contribution in [0.25, 0.3) is 0 Å². The standard InChI is InChI=1S/C7H16N2OS2/c8-6(5-12)7(10)9-3-1-2-4-11/h6,11-12H,1-5,8H2,(H,9,10). The Balaban J connectivity index is 3.31. The predicted molar refractivity (Wildman–Crippen MR) is 57.9 cm³/mol. The summed E-state index contributed by atoms with van der Waals surface area (Å²) in [5, 5.41) is 2.72. The molecule has 0 aromatic heterocycles. The van der Waals surface area contributed by atoms with Crippen molar-refractivity contribution in [3.8, 4) is 0 Å². The van der Waals surface area contributed by atoms with Crippen LogP contribution < -0.4 is 11.1 Å². The summed E-state index contributed by atoms with van der Waals surface area (Å²) in [7, 11) is 0. The lowest BCUT2D eigenvalue weighted by Gasteiger charge is -2.08. The van der Waals surface area contributed by atoms with Crippen molar-refractivity contribution < 1.29 is 4.79 Å². The summed E-state index contributed by atoms with van der Waals surface area (Å²) in [6.07, 6.45) is 1.97. The van der Waals surface area contributed by atoms with Gasteiger partial charge in [-0.2, -0.15) is 25.3 Å². The second-order valence-corrected chi connectivity index (χ2v) is 3.32. The van der Waals surface area contributed by atoms with E-state index in [1.54, 1.807) is 0 Å². The van der Waals surface area contributed by atoms with E-state index in [4.69, 9.17) is 5.73 Å². The van der Waals surface area contributed by atoms with Crippen LogP contribution in [-0.2, 0) is 4.79 Å². The zero-order valence-electron chi connectivity index (χ0n) is 6.99. The van der Waals surface area contributed by atoms with Crippen molar-refractivity contribution in [1.29, 1.82) is 0 Å². The number of hydrogen-bond donors (Lipinski definition) is 4. The first-order valence-electron chi connectivity index (χ1n) is 3.97. The second kappa shape index (κ2) is 7.76. The number of rotatable bonds is 6. The van der Waals surface area contributed by atoms with Crippen molar-refractivity contribution >= 4 is 31.2 Å². The lowest BCUT2D eigenvalue weighted by molar-refractivity contribution is -0.121. The Labute approximate surface area is 84.3 Å². The minimum absolute atomic E-state index is 0.121. The Hall–Kier alpha value is 0.130. The van der Waals surface area contributed by atoms with E-state index in [1.165, 1.54) is 0 Å². The van der Waals surface area contributed by atoms with Crippen LogP contribution in [0.1, 0.15) is 12.8 Å². The quantitative estimate of drug-likeness (QED) is 0.369. The van der Waals surface area contributed by atoms with Crippen molar-refractivity contribution in [3.63, 3.8) is 0 Å². The molecule has 0 saturated carbocycles. The number of carbonyl (C=O) groups is 1. The summed E-state index contributed by atoms with van der Waals surface area (Å²) >= 11 is 7.97. The van der Waals surface area contributed by atoms with E-state index in [9.17, 15) is 4.79 Å². The number of hydrogen-bond acceptors (Lipinski definition) is 4. The van der Waals surface area contributed by atoms with E-state index in [-0.39, 0.29) is 5.91 Å². The van der Waals surface area contributed by atoms with Crippen molar-refractivity contribution in [2.45, 2.75) is 18.9 Å². The monoisotopic (exact) mass is 208 g/mol. The summed E-state index contributed by atoms with van der Waals surface area (Å²) < 4.78 is 0. The minimum atomic E-state index is -0.482. The van der Waals surface area contributed by atoms with Crippen LogP contribution in [0, 0.1) is 0 Å². The highest BCUT2D eigenvalue weighted by molar-refractivity contribution is 7.80. The van der Waals surface area contributed by atoms with Gasteiger partial charge in [-0.1, -0.05) is 0 Å². The van der Waals surface area contributed by atoms with Gasteiger partial charge in [-0.05, 0) is 18.6 Å². The molecule has 72 valence electrons. The molecule has 0 fully saturated rings. The Morgan fingerprint density at radius 2 is 2.08 bits per heavy atom. The van der Waals surface area contributed by atoms with E-state index in [0.29, 0.717) is 12.3 Å². The van der Waals surface area contributed by atoms with Crippen molar-refractivity contribution in [2.75, 3.05) is 18.1 Å². The Morgan fingerprint density at radius 3 is 2.58 bits per heavy atom. The normalized spacial score (nSPS) is 12.6. The highest BCUT2D eigenvalue weighted by Crippen LogP contribution is 1.89. The van der Waals surface area contributed by atoms with Gasteiger partial charge in [0.25, 0.3) is 0 Å². The van der Waals surface area contributed by atoms with Gasteiger partial charge in [-0.3, -0.25) is 4.79 Å². The summed E-state index contributed by atoms with van der Waals surface area (Å²) in [6, 6.07) is -0.482. The summed E-state index contributed by atoms with van der Waals surface area (Å²) in [5.74, 6) is 1.12. The minimum Gasteiger partial charge on any atom is -0.355 e. The molecule has 0 saturated heterocycles. The van der Waals surface area contributed by atoms with Crippen LogP contribution in [0.5, 0.6) is 0 Å². The molecule has 0 aliphatic rings. The van der Waals surface area contributed by atoms with Crippen LogP contribution in [0.3, 0.4) is 0 Å². The third-order valence-electron chi connectivity index (χ3n) is 1.42. The smallest absolute Gasteiger partial charge is 0.237 e. The van der Waals surface area contributed by atoms with E-state index >= 15 is 0 Å². The molecule has 0 aromatic rings. The lowest BCUT2D eigenvalue weighted by Crippen LogP contribution is -2.42. The number of nitrogens with one attached hydrogen (secondary N) is 1. The van der Waals surface area contributed by atoms with Gasteiger partial charge in [-0.15, -0.1) is 0 Å². The van der Waals surface area contributed by atoms with Crippen LogP contribution in [0.4, 0.5) is 0 Å². The third-order valence-corrected chi connectivity index (χ3v) is 2.13. The second-order valence-electron chi connectivity index (χ2n) is 2.51. The average molecular weight is 208 g/mol. The predicted octanol–water partition coefficient (Wildman–Crippen LogP) is 0.0697. The van der Waals surface area contributed by atoms with Gasteiger partial charge in [0, 0.05) is 12.3 Å². The number of thiol groups is 2. The maximum Gasteiger partial charge on any atom is 0.237 e. The van der Waals surface area contributed by atoms with Gasteiger partial charge in [0.05, 0.1) is 6.04 Å². The van der Waals surface area contributed by atoms with Crippen molar-refractivity contribution in [3.05, 3.63) is 0 Å². The SMILES string of the molecule is NC(CS)C(=O)NCCCCS. The number of amides is 1. The fraction of sp³-hybridized carbons (Fsp3) is 0.857. The highest BCUT2D eigenvalue weighted by atomic mass is 32.1. The molecule has 3 N–H and O–H groups in total. The van der Waals surface area contributed by atoms with Crippen LogP contribution in [-0.4, -0.2) is 30.0 Å². The number of carbonyl (C=O) groups excluding carboxylic acids is 1. The molecule has 1 amide bonds. The molecule has 0 aliphatic carbocycles. The molecule has 0 heterocycles. The fourth-order valence-corrected chi connectivity index (χ4v) is 1.05. The molecule has 0 rings (SSSR count). The molecule has 0 radical (unpaired) electrons. The molecule has 1 atom stereocenters. The van der Waals surface area contributed by atoms with Gasteiger partial charge in [0.2, 0.25) is 5.91 Å². The van der Waals surface area contributed by atoms with E-state index in [0.717, 1.165) is 18.6 Å². The van der Waals surface area contributed by atoms with Crippen molar-refractivity contribution in [1.82, 2.24) is 5.32 Å². The number of unbranched alkanes of at least 4 members (excludes halogenated alkanes) is 1. The van der Waals surface area contributed by atoms with E-state index < -0.39 is 6.04 Å². The molecule has 5 heteroatoms. The number of nitrogens with two attached hydrogens (primary N) is 1. The van der Waals surface area contributed by atoms with Gasteiger partial charge in [0.1, 0.15) is 0 Å². The first-order chi connectivity index (χ1) is 5.72. The first kappa shape index (κ1) is 12.1. The molecule has 1 unspecified atom stereocenters. The first-order valence-corrected chi connectivity index (χ1v) is 5.24. The summed E-state index contributed by atoms with van der Waals surface area (Å²) in [6.45, 7) is 0.681. The molecule has 0 spiro atoms. The maximum absolute atomic E-state index is 11.0. The van der Waals surface area contributed by atoms with E-state index in [1.807, 2.05) is 0 Å². The van der Waals surface area contributed by atoms with Crippen LogP contribution in [0.2, 0.25) is 0 Å². The largest absolute Gasteiger partial charge is 0.355 e. The molecule has 0 bridgehead atoms. The average Bonchev–Trinajstić information content (AvgIpc) is 2.10.